The van der Waals surface area contributed by atoms with E-state index in [1.807, 2.05) is 0 Å². The number of unbranched alkanes of at least 4 members (excludes halogenated alkanes) is 20. The van der Waals surface area contributed by atoms with Crippen LogP contribution in [0, 0.1) is 6.92 Å². The van der Waals surface area contributed by atoms with Crippen LogP contribution in [0.15, 0.2) is 0 Å². The summed E-state index contributed by atoms with van der Waals surface area (Å²) in [6, 6.07) is -0.132. The van der Waals surface area contributed by atoms with Gasteiger partial charge in [0.2, 0.25) is 11.8 Å². The second-order valence-electron chi connectivity index (χ2n) is 11.0. The van der Waals surface area contributed by atoms with Gasteiger partial charge in [-0.3, -0.25) is 9.59 Å². The highest BCUT2D eigenvalue weighted by molar-refractivity contribution is 5.76. The molecule has 213 valence electrons. The van der Waals surface area contributed by atoms with Crippen molar-refractivity contribution in [3.8, 4) is 0 Å². The van der Waals surface area contributed by atoms with Crippen molar-refractivity contribution in [2.24, 2.45) is 0 Å². The molecular formula is C32H63N2O2. The first kappa shape index (κ1) is 34.9. The van der Waals surface area contributed by atoms with Gasteiger partial charge in [-0.05, 0) is 26.2 Å². The summed E-state index contributed by atoms with van der Waals surface area (Å²) in [4.78, 5) is 24.1. The standard InChI is InChI=1S/C32H63N2O2/c1-4-6-8-10-12-14-16-18-20-22-24-26-31(35)33-29-28-30(3)34-32(36)27-25-23-21-19-17-15-13-11-9-7-5-2/h30H,3-29H2,1-2H3,(H,33,35)(H,34,36). The van der Waals surface area contributed by atoms with E-state index in [9.17, 15) is 9.59 Å². The Hall–Kier alpha value is -1.06. The first-order valence-electron chi connectivity index (χ1n) is 16.0. The van der Waals surface area contributed by atoms with Gasteiger partial charge in [0.25, 0.3) is 0 Å². The maximum Gasteiger partial charge on any atom is 0.220 e. The molecule has 36 heavy (non-hydrogen) atoms. The van der Waals surface area contributed by atoms with E-state index in [0.717, 1.165) is 25.7 Å². The van der Waals surface area contributed by atoms with Crippen LogP contribution in [0.4, 0.5) is 0 Å². The summed E-state index contributed by atoms with van der Waals surface area (Å²) in [5.74, 6) is 0.226. The molecule has 4 nitrogen and oxygen atoms in total. The quantitative estimate of drug-likeness (QED) is 0.104. The van der Waals surface area contributed by atoms with Crippen molar-refractivity contribution in [2.75, 3.05) is 6.54 Å². The third kappa shape index (κ3) is 27.5. The van der Waals surface area contributed by atoms with Crippen molar-refractivity contribution in [1.82, 2.24) is 10.6 Å². The Kier molecular flexibility index (Phi) is 27.7. The summed E-state index contributed by atoms with van der Waals surface area (Å²) in [7, 11) is 0. The van der Waals surface area contributed by atoms with Crippen LogP contribution in [-0.4, -0.2) is 24.4 Å². The zero-order valence-electron chi connectivity index (χ0n) is 24.5. The molecule has 1 atom stereocenters. The Balaban J connectivity index is 3.42. The van der Waals surface area contributed by atoms with Crippen molar-refractivity contribution in [1.29, 1.82) is 0 Å². The summed E-state index contributed by atoms with van der Waals surface area (Å²) in [6.45, 7) is 9.14. The molecule has 2 N–H and O–H groups in total. The fourth-order valence-electron chi connectivity index (χ4n) is 4.75. The highest BCUT2D eigenvalue weighted by Crippen LogP contribution is 2.13. The van der Waals surface area contributed by atoms with Crippen molar-refractivity contribution in [2.45, 2.75) is 180 Å². The number of hydrogen-bond acceptors (Lipinski definition) is 2. The Morgan fingerprint density at radius 2 is 0.861 bits per heavy atom. The monoisotopic (exact) mass is 507 g/mol. The average Bonchev–Trinajstić information content (AvgIpc) is 2.85. The van der Waals surface area contributed by atoms with Crippen molar-refractivity contribution in [3.05, 3.63) is 6.92 Å². The summed E-state index contributed by atoms with van der Waals surface area (Å²) in [6.07, 6.45) is 30.4. The molecule has 0 aromatic rings. The molecule has 0 saturated carbocycles. The molecule has 0 aromatic heterocycles. The van der Waals surface area contributed by atoms with Gasteiger partial charge in [-0.25, -0.2) is 0 Å². The van der Waals surface area contributed by atoms with E-state index < -0.39 is 0 Å². The summed E-state index contributed by atoms with van der Waals surface area (Å²) in [5, 5.41) is 5.96. The van der Waals surface area contributed by atoms with Crippen LogP contribution in [0.3, 0.4) is 0 Å². The molecule has 0 aliphatic rings. The minimum absolute atomic E-state index is 0.0956. The molecule has 0 fully saturated rings. The predicted octanol–water partition coefficient (Wildman–Crippen LogP) is 9.21. The highest BCUT2D eigenvalue weighted by Gasteiger charge is 2.08. The molecule has 1 unspecified atom stereocenters. The number of nitrogens with one attached hydrogen (secondary N) is 2. The molecule has 4 heteroatoms. The van der Waals surface area contributed by atoms with Gasteiger partial charge in [0, 0.05) is 25.4 Å². The molecule has 0 aromatic carbocycles. The lowest BCUT2D eigenvalue weighted by Crippen LogP contribution is -2.36. The van der Waals surface area contributed by atoms with Crippen LogP contribution < -0.4 is 10.6 Å². The maximum atomic E-state index is 12.1. The van der Waals surface area contributed by atoms with E-state index in [0.29, 0.717) is 25.8 Å². The van der Waals surface area contributed by atoms with E-state index >= 15 is 0 Å². The van der Waals surface area contributed by atoms with Crippen LogP contribution in [0.5, 0.6) is 0 Å². The van der Waals surface area contributed by atoms with Crippen molar-refractivity contribution in [3.63, 3.8) is 0 Å². The number of carbonyl (C=O) groups excluding carboxylic acids is 2. The van der Waals surface area contributed by atoms with Crippen LogP contribution in [0.25, 0.3) is 0 Å². The van der Waals surface area contributed by atoms with Gasteiger partial charge in [0.15, 0.2) is 0 Å². The summed E-state index contributed by atoms with van der Waals surface area (Å²) in [5.41, 5.74) is 0. The van der Waals surface area contributed by atoms with Crippen molar-refractivity contribution < 1.29 is 9.59 Å². The van der Waals surface area contributed by atoms with Crippen LogP contribution >= 0.6 is 0 Å². The molecule has 0 heterocycles. The van der Waals surface area contributed by atoms with E-state index in [1.54, 1.807) is 0 Å². The van der Waals surface area contributed by atoms with Crippen LogP contribution in [0.1, 0.15) is 174 Å². The molecule has 0 spiro atoms. The minimum Gasteiger partial charge on any atom is -0.356 e. The van der Waals surface area contributed by atoms with Crippen molar-refractivity contribution >= 4 is 11.8 Å². The van der Waals surface area contributed by atoms with E-state index in [4.69, 9.17) is 0 Å². The Bertz CT molecular complexity index is 481. The van der Waals surface area contributed by atoms with Gasteiger partial charge in [-0.2, -0.15) is 0 Å². The topological polar surface area (TPSA) is 58.2 Å². The van der Waals surface area contributed by atoms with Gasteiger partial charge in [0.05, 0.1) is 0 Å². The third-order valence-corrected chi connectivity index (χ3v) is 7.19. The molecule has 0 saturated heterocycles. The Morgan fingerprint density at radius 3 is 1.25 bits per heavy atom. The molecule has 0 aliphatic heterocycles. The largest absolute Gasteiger partial charge is 0.356 e. The fraction of sp³-hybridized carbons (Fsp3) is 0.906. The minimum atomic E-state index is -0.132. The van der Waals surface area contributed by atoms with Gasteiger partial charge in [0.1, 0.15) is 0 Å². The molecule has 1 radical (unpaired) electrons. The van der Waals surface area contributed by atoms with Crippen LogP contribution in [-0.2, 0) is 9.59 Å². The number of amides is 2. The SMILES string of the molecule is [CH2]C(CCNC(=O)CCCCCCCCCCCCC)NC(=O)CCCCCCCCCCCCC. The van der Waals surface area contributed by atoms with E-state index in [2.05, 4.69) is 31.4 Å². The molecule has 0 bridgehead atoms. The second-order valence-corrected chi connectivity index (χ2v) is 11.0. The average molecular weight is 508 g/mol. The molecule has 2 amide bonds. The zero-order chi connectivity index (χ0) is 26.5. The smallest absolute Gasteiger partial charge is 0.220 e. The van der Waals surface area contributed by atoms with Gasteiger partial charge in [-0.1, -0.05) is 142 Å². The molecule has 0 rings (SSSR count). The number of carbonyl (C=O) groups is 2. The molecular weight excluding hydrogens is 444 g/mol. The maximum absolute atomic E-state index is 12.1. The van der Waals surface area contributed by atoms with Crippen LogP contribution in [0.2, 0.25) is 0 Å². The Labute approximate surface area is 225 Å². The third-order valence-electron chi connectivity index (χ3n) is 7.19. The van der Waals surface area contributed by atoms with E-state index in [1.165, 1.54) is 116 Å². The second kappa shape index (κ2) is 28.5. The summed E-state index contributed by atoms with van der Waals surface area (Å²) < 4.78 is 0. The normalized spacial score (nSPS) is 12.0. The van der Waals surface area contributed by atoms with E-state index in [-0.39, 0.29) is 17.9 Å². The lowest BCUT2D eigenvalue weighted by atomic mass is 10.1. The number of hydrogen-bond donors (Lipinski definition) is 2. The predicted molar refractivity (Wildman–Crippen MR) is 157 cm³/mol. The Morgan fingerprint density at radius 1 is 0.528 bits per heavy atom. The highest BCUT2D eigenvalue weighted by atomic mass is 16.2. The van der Waals surface area contributed by atoms with Gasteiger partial charge >= 0.3 is 0 Å². The van der Waals surface area contributed by atoms with Gasteiger partial charge < -0.3 is 10.6 Å². The fourth-order valence-corrected chi connectivity index (χ4v) is 4.75. The lowest BCUT2D eigenvalue weighted by Gasteiger charge is -2.14. The zero-order valence-corrected chi connectivity index (χ0v) is 24.5. The number of rotatable bonds is 28. The first-order valence-corrected chi connectivity index (χ1v) is 16.0. The first-order chi connectivity index (χ1) is 17.6. The lowest BCUT2D eigenvalue weighted by molar-refractivity contribution is -0.121. The summed E-state index contributed by atoms with van der Waals surface area (Å²) >= 11 is 0. The van der Waals surface area contributed by atoms with Gasteiger partial charge in [-0.15, -0.1) is 0 Å². The molecule has 0 aliphatic carbocycles.